The first-order valence-electron chi connectivity index (χ1n) is 8.71. The molecule has 0 spiro atoms. The fourth-order valence-corrected chi connectivity index (χ4v) is 2.45. The van der Waals surface area contributed by atoms with Gasteiger partial charge in [0, 0.05) is 10.4 Å². The van der Waals surface area contributed by atoms with Crippen LogP contribution in [0.1, 0.15) is 90.4 Å². The first kappa shape index (κ1) is 30.6. The summed E-state index contributed by atoms with van der Waals surface area (Å²) in [6, 6.07) is 0. The second kappa shape index (κ2) is 21.1. The minimum Gasteiger partial charge on any atom is -0.759 e. The molecule has 0 amide bonds. The fourth-order valence-electron chi connectivity index (χ4n) is 2.45. The van der Waals surface area contributed by atoms with E-state index in [2.05, 4.69) is 6.92 Å². The largest absolute Gasteiger partial charge is 1.00 e. The molecule has 24 heavy (non-hydrogen) atoms. The SMILES string of the molecule is CCCCCCCCCCCCCCC1CO1.O=S(=O)([O-])[O-].[Na+].[Na+]. The summed E-state index contributed by atoms with van der Waals surface area (Å²) < 4.78 is 39.3. The molecular formula is C16H32Na2O5S. The smallest absolute Gasteiger partial charge is 0.759 e. The van der Waals surface area contributed by atoms with Crippen LogP contribution in [0.5, 0.6) is 0 Å². The van der Waals surface area contributed by atoms with Gasteiger partial charge in [0.25, 0.3) is 0 Å². The molecule has 1 fully saturated rings. The van der Waals surface area contributed by atoms with Crippen molar-refractivity contribution in [2.75, 3.05) is 6.61 Å². The van der Waals surface area contributed by atoms with E-state index in [1.807, 2.05) is 0 Å². The molecule has 8 heteroatoms. The van der Waals surface area contributed by atoms with Gasteiger partial charge in [-0.25, -0.2) is 0 Å². The van der Waals surface area contributed by atoms with Gasteiger partial charge < -0.3 is 13.8 Å². The molecule has 1 unspecified atom stereocenters. The quantitative estimate of drug-likeness (QED) is 0.123. The standard InChI is InChI=1S/C16H32O.2Na.H2O4S/c1-2-3-4-5-6-7-8-9-10-11-12-13-14-16-15-17-16;;;1-5(2,3)4/h16H,2-15H2,1H3;;;(H2,1,2,3,4)/q;2*+1;/p-2. The number of hydrogen-bond acceptors (Lipinski definition) is 5. The van der Waals surface area contributed by atoms with E-state index >= 15 is 0 Å². The number of unbranched alkanes of at least 4 members (excludes halogenated alkanes) is 11. The average molecular weight is 382 g/mol. The Hall–Kier alpha value is 1.83. The number of ether oxygens (including phenoxy) is 1. The molecule has 5 nitrogen and oxygen atoms in total. The summed E-state index contributed by atoms with van der Waals surface area (Å²) in [4.78, 5) is 0. The van der Waals surface area contributed by atoms with Crippen molar-refractivity contribution in [3.8, 4) is 0 Å². The van der Waals surface area contributed by atoms with E-state index in [0.29, 0.717) is 6.10 Å². The molecule has 0 bridgehead atoms. The van der Waals surface area contributed by atoms with Crippen LogP contribution in [0, 0.1) is 0 Å². The molecule has 1 rings (SSSR count). The predicted molar refractivity (Wildman–Crippen MR) is 85.9 cm³/mol. The molecule has 134 valence electrons. The molecule has 1 saturated heterocycles. The van der Waals surface area contributed by atoms with Gasteiger partial charge in [-0.15, -0.1) is 0 Å². The fraction of sp³-hybridized carbons (Fsp3) is 1.00. The third-order valence-corrected chi connectivity index (χ3v) is 3.78. The number of hydrogen-bond donors (Lipinski definition) is 0. The third-order valence-electron chi connectivity index (χ3n) is 3.78. The van der Waals surface area contributed by atoms with Crippen molar-refractivity contribution < 1.29 is 81.4 Å². The molecule has 1 atom stereocenters. The molecule has 0 aromatic heterocycles. The van der Waals surface area contributed by atoms with Crippen LogP contribution in [0.15, 0.2) is 0 Å². The van der Waals surface area contributed by atoms with Crippen molar-refractivity contribution in [3.63, 3.8) is 0 Å². The van der Waals surface area contributed by atoms with Crippen LogP contribution in [-0.4, -0.2) is 30.2 Å². The Kier molecular flexibility index (Phi) is 26.9. The van der Waals surface area contributed by atoms with Gasteiger partial charge in [0.2, 0.25) is 0 Å². The van der Waals surface area contributed by atoms with Gasteiger partial charge in [-0.2, -0.15) is 0 Å². The molecule has 0 aromatic rings. The summed E-state index contributed by atoms with van der Waals surface area (Å²) in [6.45, 7) is 3.33. The van der Waals surface area contributed by atoms with Gasteiger partial charge >= 0.3 is 59.1 Å². The average Bonchev–Trinajstić information content (AvgIpc) is 3.22. The minimum atomic E-state index is -5.17. The molecule has 0 saturated carbocycles. The summed E-state index contributed by atoms with van der Waals surface area (Å²) in [5.41, 5.74) is 0. The Morgan fingerprint density at radius 3 is 1.38 bits per heavy atom. The molecule has 0 aliphatic carbocycles. The van der Waals surface area contributed by atoms with Crippen molar-refractivity contribution in [3.05, 3.63) is 0 Å². The Morgan fingerprint density at radius 1 is 0.792 bits per heavy atom. The summed E-state index contributed by atoms with van der Waals surface area (Å²) in [5, 5.41) is 0. The van der Waals surface area contributed by atoms with Crippen molar-refractivity contribution in [1.29, 1.82) is 0 Å². The molecule has 1 aliphatic heterocycles. The Balaban J connectivity index is -0.000000554. The Morgan fingerprint density at radius 2 is 1.08 bits per heavy atom. The van der Waals surface area contributed by atoms with Crippen LogP contribution in [-0.2, 0) is 15.1 Å². The second-order valence-corrected chi connectivity index (χ2v) is 6.86. The van der Waals surface area contributed by atoms with E-state index in [-0.39, 0.29) is 59.1 Å². The number of epoxide rings is 1. The molecule has 0 N–H and O–H groups in total. The van der Waals surface area contributed by atoms with Crippen molar-refractivity contribution in [1.82, 2.24) is 0 Å². The van der Waals surface area contributed by atoms with Crippen LogP contribution < -0.4 is 59.1 Å². The maximum atomic E-state index is 8.52. The van der Waals surface area contributed by atoms with Gasteiger partial charge in [-0.3, -0.25) is 8.42 Å². The van der Waals surface area contributed by atoms with E-state index in [9.17, 15) is 0 Å². The van der Waals surface area contributed by atoms with Gasteiger partial charge in [0.15, 0.2) is 0 Å². The van der Waals surface area contributed by atoms with E-state index < -0.39 is 10.4 Å². The van der Waals surface area contributed by atoms with Crippen LogP contribution in [0.4, 0.5) is 0 Å². The maximum absolute atomic E-state index is 8.52. The van der Waals surface area contributed by atoms with Gasteiger partial charge in [-0.1, -0.05) is 84.0 Å². The molecule has 0 aromatic carbocycles. The maximum Gasteiger partial charge on any atom is 1.00 e. The zero-order valence-electron chi connectivity index (χ0n) is 15.9. The van der Waals surface area contributed by atoms with E-state index in [1.54, 1.807) is 0 Å². The summed E-state index contributed by atoms with van der Waals surface area (Å²) in [6.07, 6.45) is 19.3. The molecule has 1 heterocycles. The van der Waals surface area contributed by atoms with Gasteiger partial charge in [0.1, 0.15) is 0 Å². The molecule has 1 aliphatic rings. The summed E-state index contributed by atoms with van der Waals surface area (Å²) in [5.74, 6) is 0. The first-order valence-corrected chi connectivity index (χ1v) is 10.0. The van der Waals surface area contributed by atoms with E-state index in [1.165, 1.54) is 83.5 Å². The third kappa shape index (κ3) is 35.0. The summed E-state index contributed by atoms with van der Waals surface area (Å²) in [7, 11) is -5.17. The van der Waals surface area contributed by atoms with Crippen LogP contribution >= 0.6 is 0 Å². The van der Waals surface area contributed by atoms with Crippen LogP contribution in [0.3, 0.4) is 0 Å². The topological polar surface area (TPSA) is 92.8 Å². The molecular weight excluding hydrogens is 350 g/mol. The van der Waals surface area contributed by atoms with Gasteiger partial charge in [-0.05, 0) is 6.42 Å². The van der Waals surface area contributed by atoms with Crippen LogP contribution in [0.2, 0.25) is 0 Å². The first-order chi connectivity index (χ1) is 10.4. The van der Waals surface area contributed by atoms with Crippen molar-refractivity contribution in [2.24, 2.45) is 0 Å². The van der Waals surface area contributed by atoms with Crippen molar-refractivity contribution in [2.45, 2.75) is 96.5 Å². The van der Waals surface area contributed by atoms with Crippen molar-refractivity contribution >= 4 is 10.4 Å². The summed E-state index contributed by atoms with van der Waals surface area (Å²) >= 11 is 0. The Labute approximate surface area is 193 Å². The monoisotopic (exact) mass is 382 g/mol. The van der Waals surface area contributed by atoms with Gasteiger partial charge in [0.05, 0.1) is 12.7 Å². The molecule has 0 radical (unpaired) electrons. The zero-order valence-corrected chi connectivity index (χ0v) is 20.7. The normalized spacial score (nSPS) is 15.5. The number of rotatable bonds is 13. The second-order valence-electron chi connectivity index (χ2n) is 6.04. The predicted octanol–water partition coefficient (Wildman–Crippen LogP) is -1.85. The Bertz CT molecular complexity index is 327. The van der Waals surface area contributed by atoms with E-state index in [4.69, 9.17) is 22.3 Å². The minimum absolute atomic E-state index is 0. The van der Waals surface area contributed by atoms with E-state index in [0.717, 1.165) is 6.61 Å². The zero-order chi connectivity index (χ0) is 16.7. The van der Waals surface area contributed by atoms with Crippen LogP contribution in [0.25, 0.3) is 0 Å².